The van der Waals surface area contributed by atoms with E-state index >= 15 is 0 Å². The van der Waals surface area contributed by atoms with Crippen molar-refractivity contribution in [2.24, 2.45) is 5.92 Å². The first-order valence-electron chi connectivity index (χ1n) is 5.75. The second kappa shape index (κ2) is 5.03. The Morgan fingerprint density at radius 1 is 1.37 bits per heavy atom. The lowest BCUT2D eigenvalue weighted by Gasteiger charge is -2.15. The summed E-state index contributed by atoms with van der Waals surface area (Å²) in [4.78, 5) is 11.0. The summed E-state index contributed by atoms with van der Waals surface area (Å²) in [6.45, 7) is 0.255. The number of benzene rings is 1. The molecule has 5 nitrogen and oxygen atoms in total. The Labute approximate surface area is 111 Å². The van der Waals surface area contributed by atoms with Crippen molar-refractivity contribution in [1.82, 2.24) is 4.31 Å². The Kier molecular flexibility index (Phi) is 3.60. The van der Waals surface area contributed by atoms with Crippen molar-refractivity contribution < 1.29 is 18.3 Å². The second-order valence-corrected chi connectivity index (χ2v) is 6.29. The smallest absolute Gasteiger partial charge is 0.307 e. The normalized spacial score (nSPS) is 20.1. The van der Waals surface area contributed by atoms with Crippen LogP contribution in [0.15, 0.2) is 29.2 Å². The molecule has 1 aliphatic heterocycles. The van der Waals surface area contributed by atoms with E-state index in [4.69, 9.17) is 11.5 Å². The van der Waals surface area contributed by atoms with Crippen LogP contribution in [0.2, 0.25) is 0 Å². The number of terminal acetylenes is 1. The number of nitrogens with zero attached hydrogens (tertiary/aromatic N) is 1. The highest BCUT2D eigenvalue weighted by atomic mass is 32.2. The van der Waals surface area contributed by atoms with E-state index in [-0.39, 0.29) is 18.0 Å². The van der Waals surface area contributed by atoms with Gasteiger partial charge in [0.1, 0.15) is 0 Å². The third-order valence-electron chi connectivity index (χ3n) is 3.16. The zero-order valence-corrected chi connectivity index (χ0v) is 10.9. The van der Waals surface area contributed by atoms with Crippen LogP contribution in [0.4, 0.5) is 0 Å². The fourth-order valence-corrected chi connectivity index (χ4v) is 3.52. The lowest BCUT2D eigenvalue weighted by atomic mass is 10.1. The first-order chi connectivity index (χ1) is 8.95. The van der Waals surface area contributed by atoms with Gasteiger partial charge in [-0.3, -0.25) is 4.79 Å². The molecular weight excluding hydrogens is 266 g/mol. The van der Waals surface area contributed by atoms with Crippen molar-refractivity contribution >= 4 is 16.0 Å². The van der Waals surface area contributed by atoms with Gasteiger partial charge in [-0.1, -0.05) is 5.92 Å². The number of hydrogen-bond donors (Lipinski definition) is 1. The number of rotatable bonds is 3. The minimum Gasteiger partial charge on any atom is -0.481 e. The number of sulfonamides is 1. The average molecular weight is 279 g/mol. The molecular formula is C13H13NO4S. The zero-order valence-electron chi connectivity index (χ0n) is 10.1. The number of carbonyl (C=O) groups is 1. The molecule has 0 radical (unpaired) electrons. The summed E-state index contributed by atoms with van der Waals surface area (Å²) in [5, 5.41) is 8.89. The Bertz CT molecular complexity index is 628. The third-order valence-corrected chi connectivity index (χ3v) is 5.04. The van der Waals surface area contributed by atoms with Crippen LogP contribution in [0.1, 0.15) is 12.0 Å². The molecule has 1 N–H and O–H groups in total. The monoisotopic (exact) mass is 279 g/mol. The highest BCUT2D eigenvalue weighted by molar-refractivity contribution is 7.89. The first kappa shape index (κ1) is 13.6. The lowest BCUT2D eigenvalue weighted by molar-refractivity contribution is -0.141. The van der Waals surface area contributed by atoms with Crippen molar-refractivity contribution in [2.75, 3.05) is 13.1 Å². The van der Waals surface area contributed by atoms with E-state index in [1.54, 1.807) is 12.1 Å². The molecule has 1 unspecified atom stereocenters. The van der Waals surface area contributed by atoms with E-state index in [2.05, 4.69) is 5.92 Å². The predicted molar refractivity (Wildman–Crippen MR) is 68.9 cm³/mol. The molecule has 1 aromatic rings. The van der Waals surface area contributed by atoms with Gasteiger partial charge in [0.05, 0.1) is 10.8 Å². The van der Waals surface area contributed by atoms with Crippen LogP contribution in [0.3, 0.4) is 0 Å². The van der Waals surface area contributed by atoms with Crippen molar-refractivity contribution in [2.45, 2.75) is 11.3 Å². The molecule has 2 rings (SSSR count). The second-order valence-electron chi connectivity index (χ2n) is 4.36. The maximum Gasteiger partial charge on any atom is 0.307 e. The van der Waals surface area contributed by atoms with Crippen molar-refractivity contribution in [3.05, 3.63) is 29.8 Å². The standard InChI is InChI=1S/C13H13NO4S/c1-2-10-3-5-12(6-4-10)19(17,18)14-8-7-11(9-14)13(15)16/h1,3-6,11H,7-9H2,(H,15,16). The van der Waals surface area contributed by atoms with Crippen LogP contribution < -0.4 is 0 Å². The van der Waals surface area contributed by atoms with Gasteiger partial charge in [0.2, 0.25) is 10.0 Å². The summed E-state index contributed by atoms with van der Waals surface area (Å²) in [6.07, 6.45) is 5.55. The van der Waals surface area contributed by atoms with Gasteiger partial charge in [-0.25, -0.2) is 8.42 Å². The van der Waals surface area contributed by atoms with Crippen LogP contribution in [0, 0.1) is 18.3 Å². The fraction of sp³-hybridized carbons (Fsp3) is 0.308. The minimum absolute atomic E-state index is 0.0224. The molecule has 0 amide bonds. The molecule has 1 heterocycles. The van der Waals surface area contributed by atoms with E-state index < -0.39 is 21.9 Å². The summed E-state index contributed by atoms with van der Waals surface area (Å²) >= 11 is 0. The van der Waals surface area contributed by atoms with Gasteiger partial charge in [0.15, 0.2) is 0 Å². The molecule has 0 saturated carbocycles. The highest BCUT2D eigenvalue weighted by Gasteiger charge is 2.35. The molecule has 0 aromatic heterocycles. The molecule has 0 aliphatic carbocycles. The molecule has 0 bridgehead atoms. The van der Waals surface area contributed by atoms with Gasteiger partial charge in [0.25, 0.3) is 0 Å². The summed E-state index contributed by atoms with van der Waals surface area (Å²) in [7, 11) is -3.63. The Balaban J connectivity index is 2.23. The highest BCUT2D eigenvalue weighted by Crippen LogP contribution is 2.24. The van der Waals surface area contributed by atoms with Gasteiger partial charge in [0, 0.05) is 18.7 Å². The molecule has 1 saturated heterocycles. The quantitative estimate of drug-likeness (QED) is 0.829. The molecule has 19 heavy (non-hydrogen) atoms. The fourth-order valence-electron chi connectivity index (χ4n) is 2.02. The van der Waals surface area contributed by atoms with Crippen molar-refractivity contribution in [1.29, 1.82) is 0 Å². The topological polar surface area (TPSA) is 74.7 Å². The largest absolute Gasteiger partial charge is 0.481 e. The Morgan fingerprint density at radius 2 is 2.00 bits per heavy atom. The molecule has 1 fully saturated rings. The molecule has 0 spiro atoms. The molecule has 100 valence electrons. The van der Waals surface area contributed by atoms with Crippen LogP contribution in [0.25, 0.3) is 0 Å². The Morgan fingerprint density at radius 3 is 2.47 bits per heavy atom. The van der Waals surface area contributed by atoms with E-state index in [1.165, 1.54) is 16.4 Å². The van der Waals surface area contributed by atoms with Crippen LogP contribution in [-0.2, 0) is 14.8 Å². The molecule has 1 atom stereocenters. The lowest BCUT2D eigenvalue weighted by Crippen LogP contribution is -2.30. The summed E-state index contributed by atoms with van der Waals surface area (Å²) in [5.41, 5.74) is 0.601. The van der Waals surface area contributed by atoms with Crippen molar-refractivity contribution in [3.8, 4) is 12.3 Å². The van der Waals surface area contributed by atoms with E-state index in [0.717, 1.165) is 0 Å². The average Bonchev–Trinajstić information content (AvgIpc) is 2.89. The summed E-state index contributed by atoms with van der Waals surface area (Å²) in [6, 6.07) is 5.99. The van der Waals surface area contributed by atoms with Crippen molar-refractivity contribution in [3.63, 3.8) is 0 Å². The van der Waals surface area contributed by atoms with E-state index in [1.807, 2.05) is 0 Å². The number of aliphatic carboxylic acids is 1. The van der Waals surface area contributed by atoms with Crippen LogP contribution in [-0.4, -0.2) is 36.9 Å². The van der Waals surface area contributed by atoms with Gasteiger partial charge in [-0.15, -0.1) is 6.42 Å². The van der Waals surface area contributed by atoms with Gasteiger partial charge in [-0.05, 0) is 30.7 Å². The zero-order chi connectivity index (χ0) is 14.0. The third kappa shape index (κ3) is 2.62. The maximum atomic E-state index is 12.3. The molecule has 6 heteroatoms. The minimum atomic E-state index is -3.63. The first-order valence-corrected chi connectivity index (χ1v) is 7.19. The van der Waals surface area contributed by atoms with Gasteiger partial charge >= 0.3 is 5.97 Å². The number of hydrogen-bond acceptors (Lipinski definition) is 3. The van der Waals surface area contributed by atoms with E-state index in [0.29, 0.717) is 12.0 Å². The molecule has 1 aromatic carbocycles. The van der Waals surface area contributed by atoms with Gasteiger partial charge < -0.3 is 5.11 Å². The van der Waals surface area contributed by atoms with Crippen LogP contribution in [0.5, 0.6) is 0 Å². The summed E-state index contributed by atoms with van der Waals surface area (Å²) < 4.78 is 25.8. The SMILES string of the molecule is C#Cc1ccc(S(=O)(=O)N2CCC(C(=O)O)C2)cc1. The van der Waals surface area contributed by atoms with E-state index in [9.17, 15) is 13.2 Å². The maximum absolute atomic E-state index is 12.3. The summed E-state index contributed by atoms with van der Waals surface area (Å²) in [5.74, 6) is 0.828. The van der Waals surface area contributed by atoms with Gasteiger partial charge in [-0.2, -0.15) is 4.31 Å². The van der Waals surface area contributed by atoms with Crippen LogP contribution >= 0.6 is 0 Å². The molecule has 1 aliphatic rings. The Hall–Kier alpha value is -1.84. The predicted octanol–water partition coefficient (Wildman–Crippen LogP) is 0.763. The number of carboxylic acid groups (broad SMARTS) is 1. The number of carboxylic acids is 1.